The largest absolute Gasteiger partial charge is 0.383 e. The molecule has 2 aromatic rings. The standard InChI is InChI=1S/C11H8ClFOS/c12-8-6-9(13)15-11(8)10(14)7-4-2-1-3-5-7/h1-6,10,14H. The molecule has 1 nitrogen and oxygen atoms in total. The van der Waals surface area contributed by atoms with Crippen molar-refractivity contribution in [3.63, 3.8) is 0 Å². The molecule has 1 aromatic carbocycles. The minimum absolute atomic E-state index is 0.272. The van der Waals surface area contributed by atoms with E-state index in [4.69, 9.17) is 11.6 Å². The number of rotatable bonds is 2. The molecule has 0 bridgehead atoms. The Hall–Kier alpha value is -0.900. The van der Waals surface area contributed by atoms with E-state index in [0.717, 1.165) is 11.3 Å². The van der Waals surface area contributed by atoms with Gasteiger partial charge in [0.2, 0.25) is 0 Å². The molecule has 1 atom stereocenters. The van der Waals surface area contributed by atoms with Crippen molar-refractivity contribution in [3.8, 4) is 0 Å². The Morgan fingerprint density at radius 1 is 1.27 bits per heavy atom. The number of aliphatic hydroxyl groups is 1. The molecule has 0 aliphatic carbocycles. The van der Waals surface area contributed by atoms with Gasteiger partial charge in [-0.1, -0.05) is 41.9 Å². The zero-order valence-electron chi connectivity index (χ0n) is 7.65. The molecule has 1 N–H and O–H groups in total. The van der Waals surface area contributed by atoms with Crippen LogP contribution in [0.15, 0.2) is 36.4 Å². The maximum absolute atomic E-state index is 12.9. The van der Waals surface area contributed by atoms with E-state index in [0.29, 0.717) is 10.4 Å². The van der Waals surface area contributed by atoms with Gasteiger partial charge in [0.15, 0.2) is 5.13 Å². The Bertz CT molecular complexity index is 455. The van der Waals surface area contributed by atoms with Crippen LogP contribution < -0.4 is 0 Å². The molecule has 1 aromatic heterocycles. The Kier molecular flexibility index (Phi) is 3.05. The van der Waals surface area contributed by atoms with E-state index >= 15 is 0 Å². The van der Waals surface area contributed by atoms with E-state index in [1.165, 1.54) is 6.07 Å². The highest BCUT2D eigenvalue weighted by atomic mass is 35.5. The maximum atomic E-state index is 12.9. The second kappa shape index (κ2) is 4.31. The van der Waals surface area contributed by atoms with Crippen molar-refractivity contribution in [3.05, 3.63) is 57.0 Å². The molecule has 4 heteroatoms. The Morgan fingerprint density at radius 2 is 1.93 bits per heavy atom. The number of thiophene rings is 1. The van der Waals surface area contributed by atoms with Crippen molar-refractivity contribution in [2.75, 3.05) is 0 Å². The fourth-order valence-electron chi connectivity index (χ4n) is 1.33. The van der Waals surface area contributed by atoms with Crippen LogP contribution in [0.5, 0.6) is 0 Å². The van der Waals surface area contributed by atoms with Crippen LogP contribution in [0.25, 0.3) is 0 Å². The third-order valence-electron chi connectivity index (χ3n) is 2.05. The van der Waals surface area contributed by atoms with Crippen molar-refractivity contribution in [1.82, 2.24) is 0 Å². The average molecular weight is 243 g/mol. The van der Waals surface area contributed by atoms with Crippen molar-refractivity contribution < 1.29 is 9.50 Å². The summed E-state index contributed by atoms with van der Waals surface area (Å²) in [7, 11) is 0. The molecule has 0 saturated heterocycles. The summed E-state index contributed by atoms with van der Waals surface area (Å²) in [6.45, 7) is 0. The molecule has 0 fully saturated rings. The lowest BCUT2D eigenvalue weighted by atomic mass is 10.1. The second-order valence-corrected chi connectivity index (χ2v) is 4.52. The molecular weight excluding hydrogens is 235 g/mol. The highest BCUT2D eigenvalue weighted by molar-refractivity contribution is 7.11. The first-order valence-electron chi connectivity index (χ1n) is 4.36. The van der Waals surface area contributed by atoms with E-state index < -0.39 is 6.10 Å². The van der Waals surface area contributed by atoms with Crippen LogP contribution in [0.4, 0.5) is 4.39 Å². The van der Waals surface area contributed by atoms with E-state index in [2.05, 4.69) is 0 Å². The van der Waals surface area contributed by atoms with Crippen molar-refractivity contribution in [1.29, 1.82) is 0 Å². The first-order chi connectivity index (χ1) is 7.18. The monoisotopic (exact) mass is 242 g/mol. The number of halogens is 2. The molecule has 2 rings (SSSR count). The topological polar surface area (TPSA) is 20.2 Å². The number of benzene rings is 1. The van der Waals surface area contributed by atoms with Gasteiger partial charge in [0.25, 0.3) is 0 Å². The van der Waals surface area contributed by atoms with Crippen LogP contribution in [-0.4, -0.2) is 5.11 Å². The minimum Gasteiger partial charge on any atom is -0.383 e. The van der Waals surface area contributed by atoms with Gasteiger partial charge in [-0.15, -0.1) is 11.3 Å². The third-order valence-corrected chi connectivity index (χ3v) is 3.45. The van der Waals surface area contributed by atoms with Gasteiger partial charge >= 0.3 is 0 Å². The summed E-state index contributed by atoms with van der Waals surface area (Å²) in [4.78, 5) is 0.445. The lowest BCUT2D eigenvalue weighted by molar-refractivity contribution is 0.224. The highest BCUT2D eigenvalue weighted by Crippen LogP contribution is 2.34. The fraction of sp³-hybridized carbons (Fsp3) is 0.0909. The van der Waals surface area contributed by atoms with Gasteiger partial charge in [-0.2, -0.15) is 4.39 Å². The molecule has 1 heterocycles. The predicted octanol–water partition coefficient (Wildman–Crippen LogP) is 3.62. The van der Waals surface area contributed by atoms with Crippen LogP contribution in [0.3, 0.4) is 0 Å². The molecule has 0 amide bonds. The van der Waals surface area contributed by atoms with Crippen LogP contribution >= 0.6 is 22.9 Å². The lowest BCUT2D eigenvalue weighted by Gasteiger charge is -2.08. The summed E-state index contributed by atoms with van der Waals surface area (Å²) in [5, 5.41) is 9.83. The molecule has 15 heavy (non-hydrogen) atoms. The Labute approximate surface area is 95.8 Å². The average Bonchev–Trinajstić information content (AvgIpc) is 2.58. The van der Waals surface area contributed by atoms with Crippen molar-refractivity contribution >= 4 is 22.9 Å². The SMILES string of the molecule is OC(c1ccccc1)c1sc(F)cc1Cl. The van der Waals surface area contributed by atoms with Crippen LogP contribution in [0.1, 0.15) is 16.5 Å². The van der Waals surface area contributed by atoms with E-state index in [1.807, 2.05) is 18.2 Å². The van der Waals surface area contributed by atoms with Gasteiger partial charge in [0, 0.05) is 6.07 Å². The Morgan fingerprint density at radius 3 is 2.47 bits per heavy atom. The summed E-state index contributed by atoms with van der Waals surface area (Å²) in [5.41, 5.74) is 0.709. The summed E-state index contributed by atoms with van der Waals surface area (Å²) in [5.74, 6) is 0. The van der Waals surface area contributed by atoms with Crippen molar-refractivity contribution in [2.45, 2.75) is 6.10 Å². The van der Waals surface area contributed by atoms with Crippen molar-refractivity contribution in [2.24, 2.45) is 0 Å². The lowest BCUT2D eigenvalue weighted by Crippen LogP contribution is -1.96. The smallest absolute Gasteiger partial charge is 0.178 e. The van der Waals surface area contributed by atoms with Gasteiger partial charge in [-0.05, 0) is 5.56 Å². The molecule has 0 radical (unpaired) electrons. The fourth-order valence-corrected chi connectivity index (χ4v) is 2.50. The highest BCUT2D eigenvalue weighted by Gasteiger charge is 2.17. The van der Waals surface area contributed by atoms with Gasteiger partial charge in [0.1, 0.15) is 6.10 Å². The van der Waals surface area contributed by atoms with E-state index in [1.54, 1.807) is 12.1 Å². The summed E-state index contributed by atoms with van der Waals surface area (Å²) in [6.07, 6.45) is -0.854. The summed E-state index contributed by atoms with van der Waals surface area (Å²) >= 11 is 6.67. The molecule has 78 valence electrons. The molecule has 0 aliphatic rings. The minimum atomic E-state index is -0.854. The zero-order chi connectivity index (χ0) is 10.8. The zero-order valence-corrected chi connectivity index (χ0v) is 9.23. The van der Waals surface area contributed by atoms with E-state index in [9.17, 15) is 9.50 Å². The molecular formula is C11H8ClFOS. The normalized spacial score (nSPS) is 12.7. The van der Waals surface area contributed by atoms with Crippen LogP contribution in [-0.2, 0) is 0 Å². The predicted molar refractivity (Wildman–Crippen MR) is 59.8 cm³/mol. The van der Waals surface area contributed by atoms with Gasteiger partial charge in [-0.25, -0.2) is 0 Å². The first kappa shape index (κ1) is 10.6. The first-order valence-corrected chi connectivity index (χ1v) is 5.55. The van der Waals surface area contributed by atoms with Crippen LogP contribution in [0.2, 0.25) is 5.02 Å². The molecule has 1 unspecified atom stereocenters. The molecule has 0 aliphatic heterocycles. The van der Waals surface area contributed by atoms with E-state index in [-0.39, 0.29) is 10.2 Å². The van der Waals surface area contributed by atoms with Gasteiger partial charge in [-0.3, -0.25) is 0 Å². The quantitative estimate of drug-likeness (QED) is 0.853. The second-order valence-electron chi connectivity index (χ2n) is 3.08. The molecule has 0 spiro atoms. The number of aliphatic hydroxyl groups excluding tert-OH is 1. The number of hydrogen-bond acceptors (Lipinski definition) is 2. The van der Waals surface area contributed by atoms with Gasteiger partial charge in [0.05, 0.1) is 9.90 Å². The summed E-state index contributed by atoms with van der Waals surface area (Å²) < 4.78 is 12.9. The number of hydrogen-bond donors (Lipinski definition) is 1. The molecule has 0 saturated carbocycles. The maximum Gasteiger partial charge on any atom is 0.178 e. The Balaban J connectivity index is 2.36. The summed E-state index contributed by atoms with van der Waals surface area (Å²) in [6, 6.07) is 10.3. The third kappa shape index (κ3) is 2.20. The van der Waals surface area contributed by atoms with Gasteiger partial charge < -0.3 is 5.11 Å². The van der Waals surface area contributed by atoms with Crippen LogP contribution in [0, 0.1) is 5.13 Å².